The van der Waals surface area contributed by atoms with Crippen LogP contribution in [0.15, 0.2) is 140 Å². The third-order valence-electron chi connectivity index (χ3n) is 6.80. The summed E-state index contributed by atoms with van der Waals surface area (Å²) >= 11 is 0. The van der Waals surface area contributed by atoms with Crippen molar-refractivity contribution in [2.45, 2.75) is 5.54 Å². The van der Waals surface area contributed by atoms with Crippen LogP contribution in [0.5, 0.6) is 11.5 Å². The number of fused-ring (bicyclic) bond motifs is 2. The van der Waals surface area contributed by atoms with E-state index in [2.05, 4.69) is 140 Å². The normalized spacial score (nSPS) is 13.0. The van der Waals surface area contributed by atoms with E-state index >= 15 is 0 Å². The number of benzene rings is 5. The Labute approximate surface area is 196 Å². The van der Waals surface area contributed by atoms with Crippen LogP contribution in [0.4, 0.5) is 0 Å². The summed E-state index contributed by atoms with van der Waals surface area (Å²) in [5.41, 5.74) is 2.70. The molecule has 0 saturated carbocycles. The van der Waals surface area contributed by atoms with E-state index in [1.165, 1.54) is 26.7 Å². The van der Waals surface area contributed by atoms with Crippen molar-refractivity contribution in [2.75, 3.05) is 0 Å². The van der Waals surface area contributed by atoms with Crippen molar-refractivity contribution in [2.24, 2.45) is 0 Å². The van der Waals surface area contributed by atoms with Gasteiger partial charge >= 0.3 is 0 Å². The fourth-order valence-corrected chi connectivity index (χ4v) is 11.0. The topological polar surface area (TPSA) is 9.23 Å². The molecule has 0 aromatic heterocycles. The molecule has 0 atom stereocenters. The van der Waals surface area contributed by atoms with E-state index in [9.17, 15) is 0 Å². The molecule has 2 heteroatoms. The molecule has 0 radical (unpaired) electrons. The highest BCUT2D eigenvalue weighted by Crippen LogP contribution is 2.47. The quantitative estimate of drug-likeness (QED) is 0.260. The molecule has 0 bridgehead atoms. The van der Waals surface area contributed by atoms with E-state index < -0.39 is 8.07 Å². The first-order valence-electron chi connectivity index (χ1n) is 11.4. The van der Waals surface area contributed by atoms with Gasteiger partial charge in [0.1, 0.15) is 11.5 Å². The van der Waals surface area contributed by atoms with Crippen LogP contribution in [0, 0.1) is 0 Å². The average molecular weight is 441 g/mol. The Morgan fingerprint density at radius 1 is 0.394 bits per heavy atom. The molecule has 1 aliphatic rings. The number of rotatable bonds is 4. The zero-order valence-corrected chi connectivity index (χ0v) is 19.3. The van der Waals surface area contributed by atoms with Crippen molar-refractivity contribution in [3.05, 3.63) is 151 Å². The van der Waals surface area contributed by atoms with Gasteiger partial charge in [0.2, 0.25) is 0 Å². The van der Waals surface area contributed by atoms with Gasteiger partial charge in [0.15, 0.2) is 8.07 Å². The number of hydrogen-bond acceptors (Lipinski definition) is 1. The summed E-state index contributed by atoms with van der Waals surface area (Å²) in [5.74, 6) is 1.92. The van der Waals surface area contributed by atoms with Gasteiger partial charge in [0.25, 0.3) is 0 Å². The smallest absolute Gasteiger partial charge is 0.160 e. The molecule has 5 aromatic rings. The minimum absolute atomic E-state index is 0.172. The van der Waals surface area contributed by atoms with Gasteiger partial charge in [-0.3, -0.25) is 0 Å². The first-order chi connectivity index (χ1) is 16.4. The van der Waals surface area contributed by atoms with Crippen LogP contribution >= 0.6 is 0 Å². The van der Waals surface area contributed by atoms with Gasteiger partial charge in [-0.2, -0.15) is 0 Å². The molecule has 1 nitrogen and oxygen atoms in total. The van der Waals surface area contributed by atoms with Crippen LogP contribution in [-0.2, 0) is 0 Å². The average Bonchev–Trinajstić information content (AvgIpc) is 2.90. The molecule has 0 aliphatic carbocycles. The third kappa shape index (κ3) is 3.14. The minimum atomic E-state index is -2.61. The molecule has 0 amide bonds. The Morgan fingerprint density at radius 3 is 1.12 bits per heavy atom. The molecule has 1 aliphatic heterocycles. The summed E-state index contributed by atoms with van der Waals surface area (Å²) < 4.78 is 6.43. The van der Waals surface area contributed by atoms with Gasteiger partial charge < -0.3 is 4.74 Å². The molecule has 5 aromatic carbocycles. The number of ether oxygens (including phenoxy) is 1. The number of para-hydroxylation sites is 2. The lowest BCUT2D eigenvalue weighted by Gasteiger charge is -2.43. The standard InChI is InChI=1S/C31H24OSi/c1-4-14-24(15-5-1)33(25-16-6-2-7-17-25,26-18-8-3-9-19-26)31-27-20-10-12-22-29(27)32-30-23-13-11-21-28(30)31/h1-23,31H. The van der Waals surface area contributed by atoms with Crippen molar-refractivity contribution in [1.82, 2.24) is 0 Å². The second-order valence-electron chi connectivity index (χ2n) is 8.52. The minimum Gasteiger partial charge on any atom is -0.457 e. The first kappa shape index (κ1) is 19.8. The predicted molar refractivity (Wildman–Crippen MR) is 139 cm³/mol. The van der Waals surface area contributed by atoms with Crippen LogP contribution in [0.3, 0.4) is 0 Å². The van der Waals surface area contributed by atoms with Gasteiger partial charge in [-0.25, -0.2) is 0 Å². The van der Waals surface area contributed by atoms with Crippen LogP contribution < -0.4 is 20.3 Å². The summed E-state index contributed by atoms with van der Waals surface area (Å²) in [5, 5.41) is 4.21. The number of hydrogen-bond donors (Lipinski definition) is 0. The van der Waals surface area contributed by atoms with Gasteiger partial charge in [0.05, 0.1) is 0 Å². The largest absolute Gasteiger partial charge is 0.457 e. The fourth-order valence-electron chi connectivity index (χ4n) is 5.48. The van der Waals surface area contributed by atoms with E-state index in [4.69, 9.17) is 4.74 Å². The van der Waals surface area contributed by atoms with E-state index in [-0.39, 0.29) is 5.54 Å². The molecule has 0 spiro atoms. The van der Waals surface area contributed by atoms with Crippen molar-refractivity contribution in [3.63, 3.8) is 0 Å². The van der Waals surface area contributed by atoms with Crippen LogP contribution in [0.25, 0.3) is 0 Å². The Hall–Kier alpha value is -3.88. The summed E-state index contributed by atoms with van der Waals surface area (Å²) in [6.45, 7) is 0. The monoisotopic (exact) mass is 440 g/mol. The summed E-state index contributed by atoms with van der Waals surface area (Å²) in [6.07, 6.45) is 0. The fraction of sp³-hybridized carbons (Fsp3) is 0.0323. The molecule has 0 N–H and O–H groups in total. The van der Waals surface area contributed by atoms with Crippen molar-refractivity contribution >= 4 is 23.6 Å². The predicted octanol–water partition coefficient (Wildman–Crippen LogP) is 5.63. The van der Waals surface area contributed by atoms with E-state index in [1.807, 2.05) is 0 Å². The van der Waals surface area contributed by atoms with Gasteiger partial charge in [-0.05, 0) is 27.7 Å². The van der Waals surface area contributed by atoms with Gasteiger partial charge in [-0.15, -0.1) is 0 Å². The van der Waals surface area contributed by atoms with Crippen molar-refractivity contribution in [3.8, 4) is 11.5 Å². The third-order valence-corrected chi connectivity index (χ3v) is 12.0. The molecular formula is C31H24OSi. The first-order valence-corrected chi connectivity index (χ1v) is 13.5. The van der Waals surface area contributed by atoms with Gasteiger partial charge in [0, 0.05) is 16.7 Å². The molecule has 158 valence electrons. The molecule has 0 saturated heterocycles. The van der Waals surface area contributed by atoms with Crippen molar-refractivity contribution in [1.29, 1.82) is 0 Å². The maximum Gasteiger partial charge on any atom is 0.160 e. The van der Waals surface area contributed by atoms with Crippen molar-refractivity contribution < 1.29 is 4.74 Å². The van der Waals surface area contributed by atoms with Gasteiger partial charge in [-0.1, -0.05) is 127 Å². The Bertz CT molecular complexity index is 1240. The van der Waals surface area contributed by atoms with E-state index in [0.717, 1.165) is 11.5 Å². The molecular weight excluding hydrogens is 416 g/mol. The maximum absolute atomic E-state index is 6.43. The van der Waals surface area contributed by atoms with Crippen LogP contribution in [-0.4, -0.2) is 8.07 Å². The Morgan fingerprint density at radius 2 is 0.727 bits per heavy atom. The molecule has 0 unspecified atom stereocenters. The van der Waals surface area contributed by atoms with E-state index in [1.54, 1.807) is 0 Å². The van der Waals surface area contributed by atoms with Crippen LogP contribution in [0.2, 0.25) is 0 Å². The maximum atomic E-state index is 6.43. The Balaban J connectivity index is 1.79. The molecule has 1 heterocycles. The molecule has 6 rings (SSSR count). The molecule has 0 fully saturated rings. The second-order valence-corrected chi connectivity index (χ2v) is 12.4. The highest BCUT2D eigenvalue weighted by atomic mass is 28.3. The second kappa shape index (κ2) is 8.23. The summed E-state index contributed by atoms with van der Waals surface area (Å²) in [4.78, 5) is 0. The highest BCUT2D eigenvalue weighted by Gasteiger charge is 2.50. The lowest BCUT2D eigenvalue weighted by atomic mass is 9.99. The van der Waals surface area contributed by atoms with E-state index in [0.29, 0.717) is 0 Å². The zero-order chi connectivity index (χ0) is 22.1. The lowest BCUT2D eigenvalue weighted by Crippen LogP contribution is -2.71. The molecule has 33 heavy (non-hydrogen) atoms. The van der Waals surface area contributed by atoms with Crippen LogP contribution in [0.1, 0.15) is 16.7 Å². The summed E-state index contributed by atoms with van der Waals surface area (Å²) in [7, 11) is -2.61. The zero-order valence-electron chi connectivity index (χ0n) is 18.3. The summed E-state index contributed by atoms with van der Waals surface area (Å²) in [6, 6.07) is 50.5. The lowest BCUT2D eigenvalue weighted by molar-refractivity contribution is 0.457. The Kier molecular flexibility index (Phi) is 4.93. The SMILES string of the molecule is c1ccc([Si](c2ccccc2)(c2ccccc2)C2c3ccccc3Oc3ccccc32)cc1. The highest BCUT2D eigenvalue weighted by molar-refractivity contribution is 7.12.